The predicted octanol–water partition coefficient (Wildman–Crippen LogP) is 1.63. The van der Waals surface area contributed by atoms with Gasteiger partial charge in [-0.1, -0.05) is 0 Å². The number of pyridine rings is 1. The van der Waals surface area contributed by atoms with Crippen molar-refractivity contribution in [1.29, 1.82) is 0 Å². The van der Waals surface area contributed by atoms with E-state index in [0.717, 1.165) is 25.2 Å². The molecule has 21 heavy (non-hydrogen) atoms. The average Bonchev–Trinajstić information content (AvgIpc) is 2.63. The van der Waals surface area contributed by atoms with Crippen LogP contribution in [0.25, 0.3) is 0 Å². The minimum atomic E-state index is -0.295. The lowest BCUT2D eigenvalue weighted by atomic mass is 10.1. The zero-order chi connectivity index (χ0) is 15.6. The van der Waals surface area contributed by atoms with E-state index in [1.807, 2.05) is 6.92 Å². The minimum Gasteiger partial charge on any atom is -0.337 e. The van der Waals surface area contributed by atoms with Crippen LogP contribution in [-0.2, 0) is 0 Å². The molecule has 1 N–H and O–H groups in total. The van der Waals surface area contributed by atoms with Crippen LogP contribution >= 0.6 is 0 Å². The summed E-state index contributed by atoms with van der Waals surface area (Å²) in [6.45, 7) is 11.6. The second kappa shape index (κ2) is 6.02. The molecule has 1 amide bonds. The van der Waals surface area contributed by atoms with Crippen LogP contribution in [0.2, 0.25) is 0 Å². The summed E-state index contributed by atoms with van der Waals surface area (Å²) >= 11 is 0. The fraction of sp³-hybridized carbons (Fsp3) is 0.625. The van der Waals surface area contributed by atoms with E-state index >= 15 is 0 Å². The number of nitrogens with one attached hydrogen (secondary N) is 1. The summed E-state index contributed by atoms with van der Waals surface area (Å²) in [7, 11) is 0. The molecule has 1 aromatic heterocycles. The number of nitrogens with zero attached hydrogens (tertiary/aromatic N) is 2. The lowest BCUT2D eigenvalue weighted by Crippen LogP contribution is -2.44. The van der Waals surface area contributed by atoms with Crippen LogP contribution in [0.15, 0.2) is 16.9 Å². The first-order chi connectivity index (χ1) is 9.79. The summed E-state index contributed by atoms with van der Waals surface area (Å²) in [6, 6.07) is 3.40. The highest BCUT2D eigenvalue weighted by Gasteiger charge is 2.26. The van der Waals surface area contributed by atoms with Gasteiger partial charge < -0.3 is 9.88 Å². The lowest BCUT2D eigenvalue weighted by molar-refractivity contribution is 0.0747. The monoisotopic (exact) mass is 291 g/mol. The van der Waals surface area contributed by atoms with Crippen molar-refractivity contribution in [3.63, 3.8) is 0 Å². The number of carbonyl (C=O) groups is 1. The van der Waals surface area contributed by atoms with Gasteiger partial charge in [-0.05, 0) is 46.2 Å². The number of hydrogen-bond acceptors (Lipinski definition) is 3. The van der Waals surface area contributed by atoms with E-state index in [2.05, 4.69) is 30.7 Å². The third kappa shape index (κ3) is 3.73. The average molecular weight is 291 g/mol. The molecule has 0 bridgehead atoms. The second-order valence-corrected chi connectivity index (χ2v) is 6.69. The molecule has 2 rings (SSSR count). The Bertz CT molecular complexity index is 572. The topological polar surface area (TPSA) is 56.4 Å². The fourth-order valence-electron chi connectivity index (χ4n) is 2.70. The summed E-state index contributed by atoms with van der Waals surface area (Å²) in [6.07, 6.45) is 0.937. The van der Waals surface area contributed by atoms with Gasteiger partial charge in [0.2, 0.25) is 0 Å². The number of aromatic amines is 1. The summed E-state index contributed by atoms with van der Waals surface area (Å²) in [5.74, 6) is -0.160. The number of aromatic nitrogens is 1. The molecule has 0 atom stereocenters. The zero-order valence-electron chi connectivity index (χ0n) is 13.4. The zero-order valence-corrected chi connectivity index (χ0v) is 13.4. The van der Waals surface area contributed by atoms with Crippen molar-refractivity contribution >= 4 is 5.91 Å². The summed E-state index contributed by atoms with van der Waals surface area (Å²) < 4.78 is 0. The van der Waals surface area contributed by atoms with E-state index in [9.17, 15) is 9.59 Å². The van der Waals surface area contributed by atoms with Crippen LogP contribution in [0.5, 0.6) is 0 Å². The van der Waals surface area contributed by atoms with Gasteiger partial charge in [-0.3, -0.25) is 14.5 Å². The number of rotatable bonds is 1. The highest BCUT2D eigenvalue weighted by molar-refractivity contribution is 5.93. The first-order valence-electron chi connectivity index (χ1n) is 7.53. The SMILES string of the molecule is Cc1ccc(C(=O)N2CCCN(C(C)(C)C)CC2)c(=O)[nH]1. The standard InChI is InChI=1S/C16H25N3O2/c1-12-6-7-13(14(20)17-12)15(21)18-8-5-9-19(11-10-18)16(2,3)4/h6-7H,5,8-11H2,1-4H3,(H,17,20). The Balaban J connectivity index is 2.12. The number of carbonyl (C=O) groups excluding carboxylic acids is 1. The third-order valence-corrected chi connectivity index (χ3v) is 4.02. The molecular weight excluding hydrogens is 266 g/mol. The molecule has 0 spiro atoms. The first kappa shape index (κ1) is 15.8. The number of amides is 1. The van der Waals surface area contributed by atoms with Crippen LogP contribution in [-0.4, -0.2) is 52.4 Å². The predicted molar refractivity (Wildman–Crippen MR) is 83.6 cm³/mol. The largest absolute Gasteiger partial charge is 0.337 e. The van der Waals surface area contributed by atoms with Gasteiger partial charge in [-0.25, -0.2) is 0 Å². The van der Waals surface area contributed by atoms with Gasteiger partial charge in [-0.2, -0.15) is 0 Å². The summed E-state index contributed by atoms with van der Waals surface area (Å²) in [5.41, 5.74) is 0.827. The maximum atomic E-state index is 12.5. The Hall–Kier alpha value is -1.62. The van der Waals surface area contributed by atoms with E-state index in [1.54, 1.807) is 17.0 Å². The molecule has 0 radical (unpaired) electrons. The van der Waals surface area contributed by atoms with Gasteiger partial charge in [0.15, 0.2) is 0 Å². The Morgan fingerprint density at radius 2 is 1.86 bits per heavy atom. The maximum Gasteiger partial charge on any atom is 0.260 e. The maximum absolute atomic E-state index is 12.5. The van der Waals surface area contributed by atoms with Crippen molar-refractivity contribution in [3.05, 3.63) is 33.7 Å². The molecule has 5 nitrogen and oxygen atoms in total. The van der Waals surface area contributed by atoms with Gasteiger partial charge in [-0.15, -0.1) is 0 Å². The van der Waals surface area contributed by atoms with Crippen molar-refractivity contribution in [2.24, 2.45) is 0 Å². The Morgan fingerprint density at radius 3 is 2.48 bits per heavy atom. The van der Waals surface area contributed by atoms with Crippen LogP contribution in [0.3, 0.4) is 0 Å². The van der Waals surface area contributed by atoms with E-state index in [-0.39, 0.29) is 22.6 Å². The molecule has 0 aromatic carbocycles. The van der Waals surface area contributed by atoms with E-state index in [0.29, 0.717) is 13.1 Å². The van der Waals surface area contributed by atoms with Crippen molar-refractivity contribution in [2.45, 2.75) is 39.7 Å². The highest BCUT2D eigenvalue weighted by Crippen LogP contribution is 2.16. The lowest BCUT2D eigenvalue weighted by Gasteiger charge is -2.34. The molecule has 0 saturated carbocycles. The number of aryl methyl sites for hydroxylation is 1. The van der Waals surface area contributed by atoms with Gasteiger partial charge in [0.25, 0.3) is 11.5 Å². The molecule has 116 valence electrons. The quantitative estimate of drug-likeness (QED) is 0.855. The Kier molecular flexibility index (Phi) is 4.52. The molecular formula is C16H25N3O2. The molecule has 1 saturated heterocycles. The van der Waals surface area contributed by atoms with Gasteiger partial charge in [0, 0.05) is 37.4 Å². The Labute approximate surface area is 126 Å². The fourth-order valence-corrected chi connectivity index (χ4v) is 2.70. The molecule has 2 heterocycles. The van der Waals surface area contributed by atoms with E-state index in [1.165, 1.54) is 0 Å². The van der Waals surface area contributed by atoms with Gasteiger partial charge in [0.1, 0.15) is 5.56 Å². The Morgan fingerprint density at radius 1 is 1.14 bits per heavy atom. The molecule has 5 heteroatoms. The van der Waals surface area contributed by atoms with E-state index in [4.69, 9.17) is 0 Å². The molecule has 1 aliphatic heterocycles. The normalized spacial score (nSPS) is 17.6. The molecule has 1 aromatic rings. The van der Waals surface area contributed by atoms with Crippen molar-refractivity contribution in [2.75, 3.05) is 26.2 Å². The molecule has 1 fully saturated rings. The van der Waals surface area contributed by atoms with Crippen molar-refractivity contribution < 1.29 is 4.79 Å². The third-order valence-electron chi connectivity index (χ3n) is 4.02. The van der Waals surface area contributed by atoms with E-state index < -0.39 is 0 Å². The van der Waals surface area contributed by atoms with Gasteiger partial charge in [0.05, 0.1) is 0 Å². The van der Waals surface area contributed by atoms with Crippen LogP contribution in [0.1, 0.15) is 43.2 Å². The first-order valence-corrected chi connectivity index (χ1v) is 7.53. The highest BCUT2D eigenvalue weighted by atomic mass is 16.2. The van der Waals surface area contributed by atoms with Gasteiger partial charge >= 0.3 is 0 Å². The summed E-state index contributed by atoms with van der Waals surface area (Å²) in [4.78, 5) is 31.3. The van der Waals surface area contributed by atoms with Crippen LogP contribution in [0, 0.1) is 6.92 Å². The molecule has 0 unspecified atom stereocenters. The minimum absolute atomic E-state index is 0.111. The summed E-state index contributed by atoms with van der Waals surface area (Å²) in [5, 5.41) is 0. The van der Waals surface area contributed by atoms with Crippen LogP contribution < -0.4 is 5.56 Å². The van der Waals surface area contributed by atoms with Crippen molar-refractivity contribution in [1.82, 2.24) is 14.8 Å². The van der Waals surface area contributed by atoms with Crippen molar-refractivity contribution in [3.8, 4) is 0 Å². The molecule has 1 aliphatic rings. The smallest absolute Gasteiger partial charge is 0.260 e. The van der Waals surface area contributed by atoms with Crippen LogP contribution in [0.4, 0.5) is 0 Å². The second-order valence-electron chi connectivity index (χ2n) is 6.69. The number of H-pyrrole nitrogens is 1. The molecule has 0 aliphatic carbocycles. The number of hydrogen-bond donors (Lipinski definition) is 1.